The van der Waals surface area contributed by atoms with E-state index < -0.39 is 22.5 Å². The van der Waals surface area contributed by atoms with E-state index in [9.17, 15) is 13.2 Å². The lowest BCUT2D eigenvalue weighted by atomic mass is 10.2. The van der Waals surface area contributed by atoms with Gasteiger partial charge in [0.05, 0.1) is 26.2 Å². The highest BCUT2D eigenvalue weighted by Crippen LogP contribution is 2.33. The molecule has 0 aliphatic rings. The van der Waals surface area contributed by atoms with Crippen LogP contribution in [-0.2, 0) is 21.4 Å². The van der Waals surface area contributed by atoms with Gasteiger partial charge >= 0.3 is 0 Å². The number of carbonyl (C=O) groups is 1. The molecule has 0 spiro atoms. The maximum Gasteiger partial charge on any atom is 0.245 e. The molecular weight excluding hydrogens is 444 g/mol. The third-order valence-electron chi connectivity index (χ3n) is 4.73. The van der Waals surface area contributed by atoms with E-state index in [2.05, 4.69) is 5.32 Å². The largest absolute Gasteiger partial charge is 0.497 e. The van der Waals surface area contributed by atoms with Gasteiger partial charge in [-0.05, 0) is 42.0 Å². The van der Waals surface area contributed by atoms with Crippen LogP contribution in [-0.4, -0.2) is 41.3 Å². The molecule has 0 aliphatic heterocycles. The number of hydrogen-bond acceptors (Lipinski definition) is 6. The predicted molar refractivity (Wildman–Crippen MR) is 128 cm³/mol. The summed E-state index contributed by atoms with van der Waals surface area (Å²) in [4.78, 5) is 12.7. The number of methoxy groups -OCH3 is 2. The predicted octanol–water partition coefficient (Wildman–Crippen LogP) is 3.69. The first-order valence-corrected chi connectivity index (χ1v) is 11.9. The van der Waals surface area contributed by atoms with Gasteiger partial charge in [-0.3, -0.25) is 9.10 Å². The fourth-order valence-corrected chi connectivity index (χ4v) is 3.93. The van der Waals surface area contributed by atoms with Crippen LogP contribution in [0.5, 0.6) is 17.2 Å². The van der Waals surface area contributed by atoms with Crippen LogP contribution in [0.1, 0.15) is 5.56 Å². The Kier molecular flexibility index (Phi) is 7.78. The number of nitrogens with one attached hydrogen (secondary N) is 1. The molecule has 0 fully saturated rings. The van der Waals surface area contributed by atoms with Crippen LogP contribution < -0.4 is 23.8 Å². The van der Waals surface area contributed by atoms with Gasteiger partial charge < -0.3 is 19.5 Å². The van der Waals surface area contributed by atoms with E-state index in [1.807, 2.05) is 30.3 Å². The molecule has 3 aromatic rings. The molecule has 174 valence electrons. The molecule has 9 heteroatoms. The fraction of sp³-hybridized carbons (Fsp3) is 0.208. The number of sulfonamides is 1. The SMILES string of the molecule is COc1ccc(OC)c(N(CC(=O)Nc2ccc(OCc3ccccc3)cc2)S(C)(=O)=O)c1. The van der Waals surface area contributed by atoms with Crippen molar-refractivity contribution in [3.05, 3.63) is 78.4 Å². The highest BCUT2D eigenvalue weighted by atomic mass is 32.2. The van der Waals surface area contributed by atoms with Gasteiger partial charge in [-0.25, -0.2) is 8.42 Å². The number of hydrogen-bond donors (Lipinski definition) is 1. The topological polar surface area (TPSA) is 94.2 Å². The summed E-state index contributed by atoms with van der Waals surface area (Å²) >= 11 is 0. The number of ether oxygens (including phenoxy) is 3. The standard InChI is InChI=1S/C24H26N2O6S/c1-30-21-13-14-23(31-2)22(15-21)26(33(3,28)29)16-24(27)25-19-9-11-20(12-10-19)32-17-18-7-5-4-6-8-18/h4-15H,16-17H2,1-3H3,(H,25,27). The second-order valence-electron chi connectivity index (χ2n) is 7.15. The van der Waals surface area contributed by atoms with Crippen molar-refractivity contribution in [2.75, 3.05) is 36.6 Å². The van der Waals surface area contributed by atoms with Gasteiger partial charge in [0.1, 0.15) is 30.4 Å². The zero-order valence-electron chi connectivity index (χ0n) is 18.6. The smallest absolute Gasteiger partial charge is 0.245 e. The molecule has 0 radical (unpaired) electrons. The molecule has 3 rings (SSSR count). The fourth-order valence-electron chi connectivity index (χ4n) is 3.08. The van der Waals surface area contributed by atoms with Gasteiger partial charge in [-0.1, -0.05) is 30.3 Å². The second kappa shape index (κ2) is 10.7. The molecule has 0 atom stereocenters. The lowest BCUT2D eigenvalue weighted by molar-refractivity contribution is -0.114. The van der Waals surface area contributed by atoms with Crippen molar-refractivity contribution in [1.82, 2.24) is 0 Å². The highest BCUT2D eigenvalue weighted by Gasteiger charge is 2.24. The zero-order chi connectivity index (χ0) is 23.8. The molecule has 1 N–H and O–H groups in total. The Morgan fingerprint density at radius 1 is 0.909 bits per heavy atom. The van der Waals surface area contributed by atoms with Crippen molar-refractivity contribution >= 4 is 27.3 Å². The second-order valence-corrected chi connectivity index (χ2v) is 9.06. The van der Waals surface area contributed by atoms with Crippen molar-refractivity contribution in [3.8, 4) is 17.2 Å². The summed E-state index contributed by atoms with van der Waals surface area (Å²) in [5.41, 5.74) is 1.76. The number of carbonyl (C=O) groups excluding carboxylic acids is 1. The van der Waals surface area contributed by atoms with E-state index in [4.69, 9.17) is 14.2 Å². The first-order chi connectivity index (χ1) is 15.8. The van der Waals surface area contributed by atoms with E-state index in [1.165, 1.54) is 20.3 Å². The summed E-state index contributed by atoms with van der Waals surface area (Å²) in [6.07, 6.45) is 1.03. The molecule has 0 aliphatic carbocycles. The Balaban J connectivity index is 1.69. The van der Waals surface area contributed by atoms with Crippen LogP contribution >= 0.6 is 0 Å². The monoisotopic (exact) mass is 470 g/mol. The normalized spacial score (nSPS) is 10.9. The average Bonchev–Trinajstić information content (AvgIpc) is 2.81. The van der Waals surface area contributed by atoms with Crippen LogP contribution in [0.15, 0.2) is 72.8 Å². The van der Waals surface area contributed by atoms with Crippen molar-refractivity contribution in [2.45, 2.75) is 6.61 Å². The summed E-state index contributed by atoms with van der Waals surface area (Å²) in [5, 5.41) is 2.71. The van der Waals surface area contributed by atoms with Crippen LogP contribution in [0.25, 0.3) is 0 Å². The van der Waals surface area contributed by atoms with E-state index in [0.29, 0.717) is 29.5 Å². The molecule has 1 amide bonds. The first kappa shape index (κ1) is 23.9. The Labute approximate surface area is 193 Å². The Morgan fingerprint density at radius 2 is 1.58 bits per heavy atom. The third kappa shape index (κ3) is 6.63. The average molecular weight is 471 g/mol. The van der Waals surface area contributed by atoms with Gasteiger partial charge in [0.2, 0.25) is 15.9 Å². The van der Waals surface area contributed by atoms with Crippen molar-refractivity contribution in [3.63, 3.8) is 0 Å². The van der Waals surface area contributed by atoms with Crippen LogP contribution in [0.3, 0.4) is 0 Å². The number of rotatable bonds is 10. The van der Waals surface area contributed by atoms with Gasteiger partial charge in [0.25, 0.3) is 0 Å². The van der Waals surface area contributed by atoms with E-state index in [0.717, 1.165) is 16.1 Å². The summed E-state index contributed by atoms with van der Waals surface area (Å²) in [7, 11) is -0.894. The molecule has 0 saturated carbocycles. The third-order valence-corrected chi connectivity index (χ3v) is 5.86. The molecule has 33 heavy (non-hydrogen) atoms. The Hall–Kier alpha value is -3.72. The minimum absolute atomic E-state index is 0.208. The van der Waals surface area contributed by atoms with Crippen LogP contribution in [0.4, 0.5) is 11.4 Å². The molecule has 0 aromatic heterocycles. The Morgan fingerprint density at radius 3 is 2.18 bits per heavy atom. The van der Waals surface area contributed by atoms with Gasteiger partial charge in [0, 0.05) is 11.8 Å². The summed E-state index contributed by atoms with van der Waals surface area (Å²) in [6.45, 7) is -0.00709. The van der Waals surface area contributed by atoms with Crippen molar-refractivity contribution in [1.29, 1.82) is 0 Å². The highest BCUT2D eigenvalue weighted by molar-refractivity contribution is 7.92. The quantitative estimate of drug-likeness (QED) is 0.486. The molecule has 0 unspecified atom stereocenters. The summed E-state index contributed by atoms with van der Waals surface area (Å²) in [5.74, 6) is 0.874. The van der Waals surface area contributed by atoms with E-state index >= 15 is 0 Å². The van der Waals surface area contributed by atoms with Crippen LogP contribution in [0.2, 0.25) is 0 Å². The van der Waals surface area contributed by atoms with Crippen molar-refractivity contribution in [2.24, 2.45) is 0 Å². The lowest BCUT2D eigenvalue weighted by Crippen LogP contribution is -2.37. The number of amides is 1. The lowest BCUT2D eigenvalue weighted by Gasteiger charge is -2.24. The molecule has 8 nitrogen and oxygen atoms in total. The molecule has 0 heterocycles. The minimum atomic E-state index is -3.79. The first-order valence-electron chi connectivity index (χ1n) is 10.1. The maximum atomic E-state index is 12.7. The molecule has 0 bridgehead atoms. The van der Waals surface area contributed by atoms with Gasteiger partial charge in [-0.2, -0.15) is 0 Å². The summed E-state index contributed by atoms with van der Waals surface area (Å²) < 4.78 is 42.1. The Bertz CT molecular complexity index is 1180. The molecule has 0 saturated heterocycles. The minimum Gasteiger partial charge on any atom is -0.497 e. The van der Waals surface area contributed by atoms with E-state index in [1.54, 1.807) is 36.4 Å². The summed E-state index contributed by atoms with van der Waals surface area (Å²) in [6, 6.07) is 21.3. The number of anilines is 2. The van der Waals surface area contributed by atoms with Crippen molar-refractivity contribution < 1.29 is 27.4 Å². The van der Waals surface area contributed by atoms with E-state index in [-0.39, 0.29) is 5.69 Å². The maximum absolute atomic E-state index is 12.7. The zero-order valence-corrected chi connectivity index (χ0v) is 19.5. The molecule has 3 aromatic carbocycles. The molecular formula is C24H26N2O6S. The van der Waals surface area contributed by atoms with Gasteiger partial charge in [-0.15, -0.1) is 0 Å². The van der Waals surface area contributed by atoms with Crippen LogP contribution in [0, 0.1) is 0 Å². The van der Waals surface area contributed by atoms with Gasteiger partial charge in [0.15, 0.2) is 0 Å². The number of benzene rings is 3. The number of nitrogens with zero attached hydrogens (tertiary/aromatic N) is 1.